The van der Waals surface area contributed by atoms with E-state index in [-0.39, 0.29) is 12.4 Å². The Morgan fingerprint density at radius 2 is 1.95 bits per heavy atom. The number of aliphatic hydroxyl groups is 1. The molecule has 4 heteroatoms. The lowest BCUT2D eigenvalue weighted by Crippen LogP contribution is -2.53. The van der Waals surface area contributed by atoms with Crippen molar-refractivity contribution in [1.82, 2.24) is 9.80 Å². The van der Waals surface area contributed by atoms with E-state index in [4.69, 9.17) is 0 Å². The van der Waals surface area contributed by atoms with E-state index < -0.39 is 0 Å². The number of nitrogens with zero attached hydrogens (tertiary/aromatic N) is 2. The van der Waals surface area contributed by atoms with Gasteiger partial charge in [0.05, 0.1) is 0 Å². The van der Waals surface area contributed by atoms with Gasteiger partial charge in [0.25, 0.3) is 0 Å². The Morgan fingerprint density at radius 3 is 2.57 bits per heavy atom. The number of benzene rings is 1. The Morgan fingerprint density at radius 1 is 1.24 bits per heavy atom. The second-order valence-electron chi connectivity index (χ2n) is 6.42. The Balaban J connectivity index is 1.96. The van der Waals surface area contributed by atoms with E-state index in [9.17, 15) is 9.50 Å². The van der Waals surface area contributed by atoms with Crippen molar-refractivity contribution in [2.24, 2.45) is 5.92 Å². The minimum absolute atomic E-state index is 0.188. The average Bonchev–Trinajstić information content (AvgIpc) is 2.44. The van der Waals surface area contributed by atoms with Crippen LogP contribution in [-0.4, -0.2) is 53.7 Å². The normalized spacial score (nSPS) is 21.1. The lowest BCUT2D eigenvalue weighted by molar-refractivity contribution is 0.0483. The Hall–Kier alpha value is -0.970. The molecule has 1 fully saturated rings. The molecule has 0 unspecified atom stereocenters. The summed E-state index contributed by atoms with van der Waals surface area (Å²) in [6.45, 7) is 9.75. The molecule has 1 atom stereocenters. The summed E-state index contributed by atoms with van der Waals surface area (Å²) in [6.07, 6.45) is 0.801. The highest BCUT2D eigenvalue weighted by molar-refractivity contribution is 5.16. The SMILES string of the molecule is CC(C)CN1CCN(Cc2ccc(F)cc2)[C@H](CCO)C1. The molecular weight excluding hydrogens is 267 g/mol. The van der Waals surface area contributed by atoms with Gasteiger partial charge in [-0.25, -0.2) is 4.39 Å². The molecule has 0 aliphatic carbocycles. The van der Waals surface area contributed by atoms with Crippen LogP contribution in [0.1, 0.15) is 25.8 Å². The summed E-state index contributed by atoms with van der Waals surface area (Å²) >= 11 is 0. The fourth-order valence-corrected chi connectivity index (χ4v) is 3.09. The molecule has 1 aliphatic heterocycles. The minimum Gasteiger partial charge on any atom is -0.396 e. The zero-order chi connectivity index (χ0) is 15.2. The van der Waals surface area contributed by atoms with Crippen LogP contribution in [-0.2, 0) is 6.54 Å². The monoisotopic (exact) mass is 294 g/mol. The molecule has 21 heavy (non-hydrogen) atoms. The van der Waals surface area contributed by atoms with Gasteiger partial charge in [0.15, 0.2) is 0 Å². The van der Waals surface area contributed by atoms with Crippen molar-refractivity contribution < 1.29 is 9.50 Å². The number of piperazine rings is 1. The van der Waals surface area contributed by atoms with Crippen molar-refractivity contribution in [1.29, 1.82) is 0 Å². The van der Waals surface area contributed by atoms with Crippen LogP contribution in [0.15, 0.2) is 24.3 Å². The maximum absolute atomic E-state index is 13.0. The molecule has 0 amide bonds. The summed E-state index contributed by atoms with van der Waals surface area (Å²) in [6, 6.07) is 7.13. The van der Waals surface area contributed by atoms with Crippen LogP contribution in [0.3, 0.4) is 0 Å². The fraction of sp³-hybridized carbons (Fsp3) is 0.647. The standard InChI is InChI=1S/C17H27FN2O/c1-14(2)11-19-8-9-20(17(13-19)7-10-21)12-15-3-5-16(18)6-4-15/h3-6,14,17,21H,7-13H2,1-2H3/t17-/m1/s1. The molecule has 1 heterocycles. The maximum Gasteiger partial charge on any atom is 0.123 e. The Bertz CT molecular complexity index is 421. The van der Waals surface area contributed by atoms with E-state index in [0.29, 0.717) is 12.0 Å². The van der Waals surface area contributed by atoms with E-state index >= 15 is 0 Å². The molecule has 2 rings (SSSR count). The first-order chi connectivity index (χ1) is 10.1. The van der Waals surface area contributed by atoms with Gasteiger partial charge in [-0.2, -0.15) is 0 Å². The van der Waals surface area contributed by atoms with Crippen LogP contribution in [0, 0.1) is 11.7 Å². The van der Waals surface area contributed by atoms with Crippen LogP contribution < -0.4 is 0 Å². The van der Waals surface area contributed by atoms with Gasteiger partial charge in [0, 0.05) is 45.4 Å². The molecule has 0 aromatic heterocycles. The third kappa shape index (κ3) is 5.06. The number of rotatable bonds is 6. The second-order valence-corrected chi connectivity index (χ2v) is 6.42. The number of hydrogen-bond acceptors (Lipinski definition) is 3. The average molecular weight is 294 g/mol. The molecule has 1 aromatic carbocycles. The smallest absolute Gasteiger partial charge is 0.123 e. The molecule has 118 valence electrons. The van der Waals surface area contributed by atoms with Gasteiger partial charge in [-0.15, -0.1) is 0 Å². The molecule has 0 radical (unpaired) electrons. The van der Waals surface area contributed by atoms with Gasteiger partial charge in [-0.05, 0) is 30.0 Å². The predicted molar refractivity (Wildman–Crippen MR) is 83.6 cm³/mol. The van der Waals surface area contributed by atoms with Crippen molar-refractivity contribution in [2.45, 2.75) is 32.9 Å². The van der Waals surface area contributed by atoms with Crippen LogP contribution in [0.2, 0.25) is 0 Å². The van der Waals surface area contributed by atoms with Gasteiger partial charge < -0.3 is 10.0 Å². The largest absolute Gasteiger partial charge is 0.396 e. The van der Waals surface area contributed by atoms with E-state index in [0.717, 1.165) is 44.7 Å². The summed E-state index contributed by atoms with van der Waals surface area (Å²) in [5.41, 5.74) is 1.14. The third-order valence-corrected chi connectivity index (χ3v) is 4.07. The molecule has 1 saturated heterocycles. The van der Waals surface area contributed by atoms with E-state index in [1.807, 2.05) is 12.1 Å². The van der Waals surface area contributed by atoms with Crippen LogP contribution >= 0.6 is 0 Å². The van der Waals surface area contributed by atoms with Crippen LogP contribution in [0.4, 0.5) is 4.39 Å². The van der Waals surface area contributed by atoms with Crippen LogP contribution in [0.5, 0.6) is 0 Å². The highest BCUT2D eigenvalue weighted by atomic mass is 19.1. The number of halogens is 1. The summed E-state index contributed by atoms with van der Waals surface area (Å²) in [5, 5.41) is 9.31. The molecular formula is C17H27FN2O. The topological polar surface area (TPSA) is 26.7 Å². The van der Waals surface area contributed by atoms with Crippen molar-refractivity contribution in [3.63, 3.8) is 0 Å². The summed E-state index contributed by atoms with van der Waals surface area (Å²) in [5.74, 6) is 0.482. The number of aliphatic hydroxyl groups excluding tert-OH is 1. The van der Waals surface area contributed by atoms with Gasteiger partial charge in [-0.3, -0.25) is 4.90 Å². The maximum atomic E-state index is 13.0. The third-order valence-electron chi connectivity index (χ3n) is 4.07. The van der Waals surface area contributed by atoms with Crippen molar-refractivity contribution >= 4 is 0 Å². The van der Waals surface area contributed by atoms with Crippen LogP contribution in [0.25, 0.3) is 0 Å². The molecule has 0 spiro atoms. The highest BCUT2D eigenvalue weighted by Gasteiger charge is 2.26. The zero-order valence-electron chi connectivity index (χ0n) is 13.1. The van der Waals surface area contributed by atoms with Gasteiger partial charge in [-0.1, -0.05) is 26.0 Å². The minimum atomic E-state index is -0.188. The molecule has 1 aromatic rings. The first kappa shape index (κ1) is 16.4. The molecule has 1 aliphatic rings. The van der Waals surface area contributed by atoms with Gasteiger partial charge in [0.2, 0.25) is 0 Å². The zero-order valence-corrected chi connectivity index (χ0v) is 13.1. The molecule has 3 nitrogen and oxygen atoms in total. The number of hydrogen-bond donors (Lipinski definition) is 1. The van der Waals surface area contributed by atoms with Gasteiger partial charge >= 0.3 is 0 Å². The summed E-state index contributed by atoms with van der Waals surface area (Å²) < 4.78 is 13.0. The van der Waals surface area contributed by atoms with E-state index in [1.54, 1.807) is 0 Å². The predicted octanol–water partition coefficient (Wildman–Crippen LogP) is 2.35. The quantitative estimate of drug-likeness (QED) is 0.872. The molecule has 0 saturated carbocycles. The van der Waals surface area contributed by atoms with Crippen molar-refractivity contribution in [3.8, 4) is 0 Å². The fourth-order valence-electron chi connectivity index (χ4n) is 3.09. The second kappa shape index (κ2) is 7.87. The summed E-state index contributed by atoms with van der Waals surface area (Å²) in [7, 11) is 0. The summed E-state index contributed by atoms with van der Waals surface area (Å²) in [4.78, 5) is 4.91. The molecule has 1 N–H and O–H groups in total. The van der Waals surface area contributed by atoms with E-state index in [2.05, 4.69) is 23.6 Å². The Labute approximate surface area is 127 Å². The Kier molecular flexibility index (Phi) is 6.15. The first-order valence-electron chi connectivity index (χ1n) is 7.90. The highest BCUT2D eigenvalue weighted by Crippen LogP contribution is 2.17. The van der Waals surface area contributed by atoms with Crippen molar-refractivity contribution in [2.75, 3.05) is 32.8 Å². The lowest BCUT2D eigenvalue weighted by Gasteiger charge is -2.42. The molecule has 0 bridgehead atoms. The lowest BCUT2D eigenvalue weighted by atomic mass is 10.1. The van der Waals surface area contributed by atoms with Gasteiger partial charge in [0.1, 0.15) is 5.82 Å². The first-order valence-corrected chi connectivity index (χ1v) is 7.90. The van der Waals surface area contributed by atoms with Crippen molar-refractivity contribution in [3.05, 3.63) is 35.6 Å². The van der Waals surface area contributed by atoms with E-state index in [1.165, 1.54) is 12.1 Å².